The Bertz CT molecular complexity index is 467. The van der Waals surface area contributed by atoms with Gasteiger partial charge in [-0.05, 0) is 50.8 Å². The monoisotopic (exact) mass is 311 g/mol. The molecule has 1 atom stereocenters. The Morgan fingerprint density at radius 1 is 1.24 bits per heavy atom. The van der Waals surface area contributed by atoms with E-state index in [0.717, 1.165) is 32.4 Å². The topological polar surface area (TPSA) is 43.7 Å². The summed E-state index contributed by atoms with van der Waals surface area (Å²) in [5, 5.41) is 19.5. The summed E-state index contributed by atoms with van der Waals surface area (Å²) in [6, 6.07) is 4.94. The summed E-state index contributed by atoms with van der Waals surface area (Å²) in [6.45, 7) is 4.48. The highest BCUT2D eigenvalue weighted by molar-refractivity contribution is 5.85. The smallest absolute Gasteiger partial charge is 0.122 e. The number of benzene rings is 1. The van der Waals surface area contributed by atoms with Crippen LogP contribution in [0.5, 0.6) is 11.5 Å². The predicted octanol–water partition coefficient (Wildman–Crippen LogP) is 3.74. The second-order valence-corrected chi connectivity index (χ2v) is 5.86. The van der Waals surface area contributed by atoms with Crippen molar-refractivity contribution in [2.24, 2.45) is 5.92 Å². The molecule has 1 heterocycles. The molecule has 0 saturated carbocycles. The lowest BCUT2D eigenvalue weighted by Crippen LogP contribution is -2.25. The van der Waals surface area contributed by atoms with Crippen LogP contribution in [0.2, 0.25) is 0 Å². The molecule has 1 aromatic rings. The number of aromatic hydroxyl groups is 2. The summed E-state index contributed by atoms with van der Waals surface area (Å²) in [7, 11) is 2.15. The van der Waals surface area contributed by atoms with Gasteiger partial charge in [0.2, 0.25) is 0 Å². The van der Waals surface area contributed by atoms with E-state index in [2.05, 4.69) is 24.9 Å². The van der Waals surface area contributed by atoms with Crippen LogP contribution < -0.4 is 0 Å². The van der Waals surface area contributed by atoms with E-state index in [1.807, 2.05) is 0 Å². The molecule has 0 radical (unpaired) electrons. The first kappa shape index (κ1) is 17.9. The van der Waals surface area contributed by atoms with Crippen LogP contribution in [-0.2, 0) is 6.42 Å². The molecular formula is C17H26ClNO2. The van der Waals surface area contributed by atoms with E-state index in [0.29, 0.717) is 11.5 Å². The highest BCUT2D eigenvalue weighted by Gasteiger charge is 2.14. The van der Waals surface area contributed by atoms with E-state index >= 15 is 0 Å². The number of phenols is 2. The molecule has 1 unspecified atom stereocenters. The van der Waals surface area contributed by atoms with Crippen molar-refractivity contribution >= 4 is 12.4 Å². The molecule has 0 aromatic heterocycles. The van der Waals surface area contributed by atoms with Gasteiger partial charge in [0.05, 0.1) is 0 Å². The number of hydrogen-bond acceptors (Lipinski definition) is 3. The van der Waals surface area contributed by atoms with Crippen molar-refractivity contribution in [3.05, 3.63) is 35.4 Å². The van der Waals surface area contributed by atoms with Gasteiger partial charge in [-0.2, -0.15) is 0 Å². The minimum atomic E-state index is 0. The Kier molecular flexibility index (Phi) is 7.06. The lowest BCUT2D eigenvalue weighted by molar-refractivity contribution is 0.346. The van der Waals surface area contributed by atoms with Gasteiger partial charge < -0.3 is 15.1 Å². The van der Waals surface area contributed by atoms with Gasteiger partial charge in [-0.25, -0.2) is 0 Å². The molecule has 1 aliphatic rings. The SMILES string of the molecule is CC(CCCc1c(O)cccc1O)C1=CCN(C)CC1.Cl. The largest absolute Gasteiger partial charge is 0.508 e. The van der Waals surface area contributed by atoms with E-state index in [1.54, 1.807) is 23.8 Å². The second-order valence-electron chi connectivity index (χ2n) is 5.86. The van der Waals surface area contributed by atoms with Gasteiger partial charge in [0, 0.05) is 18.7 Å². The van der Waals surface area contributed by atoms with Crippen molar-refractivity contribution in [2.45, 2.75) is 32.6 Å². The maximum atomic E-state index is 9.76. The molecule has 4 heteroatoms. The average molecular weight is 312 g/mol. The van der Waals surface area contributed by atoms with Crippen molar-refractivity contribution in [1.29, 1.82) is 0 Å². The van der Waals surface area contributed by atoms with E-state index in [4.69, 9.17) is 0 Å². The third-order valence-electron chi connectivity index (χ3n) is 4.27. The zero-order chi connectivity index (χ0) is 14.5. The highest BCUT2D eigenvalue weighted by atomic mass is 35.5. The molecule has 0 fully saturated rings. The van der Waals surface area contributed by atoms with Gasteiger partial charge in [-0.1, -0.05) is 24.6 Å². The Balaban J connectivity index is 0.00000220. The molecule has 0 saturated heterocycles. The van der Waals surface area contributed by atoms with Crippen molar-refractivity contribution in [3.8, 4) is 11.5 Å². The van der Waals surface area contributed by atoms with Gasteiger partial charge in [0.1, 0.15) is 11.5 Å². The Labute approximate surface area is 133 Å². The fraction of sp³-hybridized carbons (Fsp3) is 0.529. The Morgan fingerprint density at radius 3 is 2.48 bits per heavy atom. The third-order valence-corrected chi connectivity index (χ3v) is 4.27. The summed E-state index contributed by atoms with van der Waals surface area (Å²) in [6.07, 6.45) is 6.34. The molecule has 2 N–H and O–H groups in total. The van der Waals surface area contributed by atoms with Gasteiger partial charge in [-0.15, -0.1) is 12.4 Å². The van der Waals surface area contributed by atoms with E-state index in [9.17, 15) is 10.2 Å². The molecule has 1 aliphatic heterocycles. The van der Waals surface area contributed by atoms with Crippen LogP contribution in [0.15, 0.2) is 29.8 Å². The van der Waals surface area contributed by atoms with Crippen molar-refractivity contribution in [2.75, 3.05) is 20.1 Å². The summed E-state index contributed by atoms with van der Waals surface area (Å²) in [5.74, 6) is 1.00. The number of nitrogens with zero attached hydrogens (tertiary/aromatic N) is 1. The molecule has 21 heavy (non-hydrogen) atoms. The average Bonchev–Trinajstić information content (AvgIpc) is 2.42. The van der Waals surface area contributed by atoms with Crippen molar-refractivity contribution in [1.82, 2.24) is 4.90 Å². The molecule has 0 spiro atoms. The number of phenolic OH excluding ortho intramolecular Hbond substituents is 2. The number of likely N-dealkylation sites (N-methyl/N-ethyl adjacent to an activating group) is 1. The molecule has 2 rings (SSSR count). The lowest BCUT2D eigenvalue weighted by Gasteiger charge is -2.25. The Hall–Kier alpha value is -1.19. The molecule has 1 aromatic carbocycles. The van der Waals surface area contributed by atoms with Gasteiger partial charge >= 0.3 is 0 Å². The van der Waals surface area contributed by atoms with Crippen LogP contribution in [0.25, 0.3) is 0 Å². The quantitative estimate of drug-likeness (QED) is 0.814. The fourth-order valence-corrected chi connectivity index (χ4v) is 2.82. The van der Waals surface area contributed by atoms with Crippen LogP contribution in [0, 0.1) is 5.92 Å². The maximum Gasteiger partial charge on any atom is 0.122 e. The maximum absolute atomic E-state index is 9.76. The highest BCUT2D eigenvalue weighted by Crippen LogP contribution is 2.29. The zero-order valence-electron chi connectivity index (χ0n) is 12.9. The number of hydrogen-bond donors (Lipinski definition) is 2. The molecule has 118 valence electrons. The molecule has 0 bridgehead atoms. The second kappa shape index (κ2) is 8.30. The number of halogens is 1. The summed E-state index contributed by atoms with van der Waals surface area (Å²) in [5.41, 5.74) is 2.24. The van der Waals surface area contributed by atoms with E-state index in [-0.39, 0.29) is 23.9 Å². The van der Waals surface area contributed by atoms with Crippen molar-refractivity contribution < 1.29 is 10.2 Å². The first-order valence-electron chi connectivity index (χ1n) is 7.45. The summed E-state index contributed by atoms with van der Waals surface area (Å²) in [4.78, 5) is 2.33. The first-order valence-corrected chi connectivity index (χ1v) is 7.45. The summed E-state index contributed by atoms with van der Waals surface area (Å²) < 4.78 is 0. The van der Waals surface area contributed by atoms with Crippen LogP contribution in [0.4, 0.5) is 0 Å². The third kappa shape index (κ3) is 4.94. The lowest BCUT2D eigenvalue weighted by atomic mass is 9.90. The Morgan fingerprint density at radius 2 is 1.90 bits per heavy atom. The first-order chi connectivity index (χ1) is 9.58. The summed E-state index contributed by atoms with van der Waals surface area (Å²) >= 11 is 0. The van der Waals surface area contributed by atoms with E-state index in [1.165, 1.54) is 6.42 Å². The normalized spacial score (nSPS) is 17.0. The van der Waals surface area contributed by atoms with Crippen LogP contribution in [0.3, 0.4) is 0 Å². The van der Waals surface area contributed by atoms with Gasteiger partial charge in [-0.3, -0.25) is 0 Å². The van der Waals surface area contributed by atoms with Gasteiger partial charge in [0.25, 0.3) is 0 Å². The van der Waals surface area contributed by atoms with Crippen LogP contribution >= 0.6 is 12.4 Å². The minimum absolute atomic E-state index is 0. The molecule has 0 aliphatic carbocycles. The van der Waals surface area contributed by atoms with Crippen LogP contribution in [0.1, 0.15) is 31.7 Å². The molecular weight excluding hydrogens is 286 g/mol. The number of rotatable bonds is 5. The zero-order valence-corrected chi connectivity index (χ0v) is 13.7. The molecule has 0 amide bonds. The standard InChI is InChI=1S/C17H25NO2.ClH/c1-13(14-9-11-18(2)12-10-14)5-3-6-15-16(19)7-4-8-17(15)20;/h4,7-9,13,19-20H,3,5-6,10-12H2,1-2H3;1H. The fourth-order valence-electron chi connectivity index (χ4n) is 2.82. The minimum Gasteiger partial charge on any atom is -0.508 e. The predicted molar refractivity (Wildman–Crippen MR) is 89.3 cm³/mol. The van der Waals surface area contributed by atoms with E-state index < -0.39 is 0 Å². The van der Waals surface area contributed by atoms with Gasteiger partial charge in [0.15, 0.2) is 0 Å². The van der Waals surface area contributed by atoms with Crippen molar-refractivity contribution in [3.63, 3.8) is 0 Å². The van der Waals surface area contributed by atoms with Crippen LogP contribution in [-0.4, -0.2) is 35.3 Å². The molecule has 3 nitrogen and oxygen atoms in total.